The molecule has 5 rings (SSSR count). The first-order valence-electron chi connectivity index (χ1n) is 11.0. The molecule has 5 aliphatic rings. The highest BCUT2D eigenvalue weighted by atomic mass is 16.6. The van der Waals surface area contributed by atoms with Crippen LogP contribution in [0.4, 0.5) is 0 Å². The van der Waals surface area contributed by atoms with Crippen LogP contribution in [0.1, 0.15) is 53.9 Å². The number of hydrogen-bond donors (Lipinski definition) is 5. The Labute approximate surface area is 176 Å². The standard InChI is InChI=1S/C22H34O8/c1-9(23)29-17-15(25)21-8-19(4,26)10(14(21)24)6-7-11(21)20(5,27)13-12-16(30-12)18(2,3)22(13,17)28/h10-17,24-28H,6-8H2,1-5H3/t10-,11+,12+,13+,14-,15-,16+,17-,19-,20-,21-,22+/m1/s1. The third-order valence-electron chi connectivity index (χ3n) is 9.78. The van der Waals surface area contributed by atoms with Gasteiger partial charge in [0.2, 0.25) is 0 Å². The highest BCUT2D eigenvalue weighted by Gasteiger charge is 2.85. The summed E-state index contributed by atoms with van der Waals surface area (Å²) in [5, 5.41) is 58.5. The van der Waals surface area contributed by atoms with Gasteiger partial charge in [-0.25, -0.2) is 0 Å². The number of esters is 1. The summed E-state index contributed by atoms with van der Waals surface area (Å²) in [5.41, 5.74) is -6.78. The van der Waals surface area contributed by atoms with Gasteiger partial charge < -0.3 is 35.0 Å². The number of aliphatic hydroxyl groups is 5. The van der Waals surface area contributed by atoms with E-state index in [4.69, 9.17) is 9.47 Å². The lowest BCUT2D eigenvalue weighted by Gasteiger charge is -2.52. The Hall–Kier alpha value is -0.770. The molecule has 0 unspecified atom stereocenters. The summed E-state index contributed by atoms with van der Waals surface area (Å²) in [6, 6.07) is 0. The van der Waals surface area contributed by atoms with Gasteiger partial charge in [-0.15, -0.1) is 0 Å². The summed E-state index contributed by atoms with van der Waals surface area (Å²) in [5.74, 6) is -2.56. The van der Waals surface area contributed by atoms with Crippen LogP contribution >= 0.6 is 0 Å². The van der Waals surface area contributed by atoms with Gasteiger partial charge in [0, 0.05) is 29.6 Å². The zero-order valence-corrected chi connectivity index (χ0v) is 18.2. The van der Waals surface area contributed by atoms with E-state index in [0.717, 1.165) is 0 Å². The van der Waals surface area contributed by atoms with Crippen LogP contribution in [-0.4, -0.2) is 78.8 Å². The molecule has 1 aliphatic heterocycles. The van der Waals surface area contributed by atoms with E-state index >= 15 is 0 Å². The number of rotatable bonds is 1. The van der Waals surface area contributed by atoms with Gasteiger partial charge in [0.1, 0.15) is 11.7 Å². The molecule has 1 heterocycles. The van der Waals surface area contributed by atoms with Crippen LogP contribution in [0.15, 0.2) is 0 Å². The molecule has 30 heavy (non-hydrogen) atoms. The van der Waals surface area contributed by atoms with E-state index in [9.17, 15) is 30.3 Å². The first kappa shape index (κ1) is 21.1. The maximum Gasteiger partial charge on any atom is 0.303 e. The number of hydrogen-bond acceptors (Lipinski definition) is 8. The average Bonchev–Trinajstić information content (AvgIpc) is 3.34. The quantitative estimate of drug-likeness (QED) is 0.285. The summed E-state index contributed by atoms with van der Waals surface area (Å²) in [7, 11) is 0. The summed E-state index contributed by atoms with van der Waals surface area (Å²) in [4.78, 5) is 12.1. The van der Waals surface area contributed by atoms with Crippen LogP contribution < -0.4 is 0 Å². The zero-order chi connectivity index (χ0) is 22.2. The molecule has 1 saturated heterocycles. The van der Waals surface area contributed by atoms with Crippen molar-refractivity contribution < 1.29 is 39.8 Å². The molecule has 5 fully saturated rings. The number of aliphatic hydroxyl groups excluding tert-OH is 2. The predicted octanol–water partition coefficient (Wildman–Crippen LogP) is -0.274. The Bertz CT molecular complexity index is 792. The van der Waals surface area contributed by atoms with Gasteiger partial charge in [-0.2, -0.15) is 0 Å². The van der Waals surface area contributed by atoms with Crippen LogP contribution in [0.5, 0.6) is 0 Å². The third kappa shape index (κ3) is 2.07. The molecular weight excluding hydrogens is 392 g/mol. The van der Waals surface area contributed by atoms with Crippen LogP contribution in [0.3, 0.4) is 0 Å². The number of carbonyl (C=O) groups excluding carboxylic acids is 1. The summed E-state index contributed by atoms with van der Waals surface area (Å²) in [6.07, 6.45) is -3.69. The smallest absolute Gasteiger partial charge is 0.303 e. The molecule has 1 spiro atoms. The van der Waals surface area contributed by atoms with E-state index in [-0.39, 0.29) is 12.5 Å². The molecule has 2 bridgehead atoms. The van der Waals surface area contributed by atoms with Gasteiger partial charge in [0.15, 0.2) is 6.10 Å². The minimum atomic E-state index is -1.77. The molecule has 0 amide bonds. The fourth-order valence-electron chi connectivity index (χ4n) is 8.54. The zero-order valence-electron chi connectivity index (χ0n) is 18.2. The van der Waals surface area contributed by atoms with E-state index in [0.29, 0.717) is 12.8 Å². The molecule has 8 nitrogen and oxygen atoms in total. The van der Waals surface area contributed by atoms with Gasteiger partial charge in [-0.1, -0.05) is 13.8 Å². The van der Waals surface area contributed by atoms with E-state index < -0.39 is 75.8 Å². The fraction of sp³-hybridized carbons (Fsp3) is 0.955. The third-order valence-corrected chi connectivity index (χ3v) is 9.78. The van der Waals surface area contributed by atoms with Gasteiger partial charge in [-0.3, -0.25) is 4.79 Å². The number of ether oxygens (including phenoxy) is 2. The van der Waals surface area contributed by atoms with Gasteiger partial charge in [0.05, 0.1) is 29.5 Å². The van der Waals surface area contributed by atoms with E-state index in [1.807, 2.05) is 0 Å². The van der Waals surface area contributed by atoms with Gasteiger partial charge in [-0.05, 0) is 39.0 Å². The van der Waals surface area contributed by atoms with Crippen molar-refractivity contribution in [3.63, 3.8) is 0 Å². The minimum absolute atomic E-state index is 0.0454. The van der Waals surface area contributed by atoms with Crippen molar-refractivity contribution in [2.24, 2.45) is 28.6 Å². The predicted molar refractivity (Wildman–Crippen MR) is 103 cm³/mol. The van der Waals surface area contributed by atoms with Crippen molar-refractivity contribution in [2.45, 2.75) is 101 Å². The lowest BCUT2D eigenvalue weighted by Crippen LogP contribution is -2.65. The highest BCUT2D eigenvalue weighted by Crippen LogP contribution is 2.73. The molecule has 0 aromatic heterocycles. The average molecular weight is 427 g/mol. The van der Waals surface area contributed by atoms with Gasteiger partial charge in [0.25, 0.3) is 0 Å². The van der Waals surface area contributed by atoms with Crippen molar-refractivity contribution in [3.05, 3.63) is 0 Å². The molecule has 4 aliphatic carbocycles. The Morgan fingerprint density at radius 2 is 1.67 bits per heavy atom. The maximum atomic E-state index is 12.2. The van der Waals surface area contributed by atoms with Crippen LogP contribution in [0, 0.1) is 28.6 Å². The maximum absolute atomic E-state index is 12.2. The van der Waals surface area contributed by atoms with Crippen LogP contribution in [-0.2, 0) is 14.3 Å². The SMILES string of the molecule is CC(=O)O[C@@H]1[C@@H](O)[C@]23C[C@@](C)(O)[C@H](CC[C@H]2[C@@](C)(O)[C@@H]2[C@@H]4O[C@@H]4C(C)(C)[C@@]12O)[C@H]3O. The number of epoxide rings is 1. The van der Waals surface area contributed by atoms with E-state index in [1.165, 1.54) is 6.92 Å². The Kier molecular flexibility index (Phi) is 3.93. The normalized spacial score (nSPS) is 62.7. The van der Waals surface area contributed by atoms with Crippen molar-refractivity contribution in [1.29, 1.82) is 0 Å². The van der Waals surface area contributed by atoms with Crippen molar-refractivity contribution in [1.82, 2.24) is 0 Å². The van der Waals surface area contributed by atoms with Gasteiger partial charge >= 0.3 is 5.97 Å². The molecule has 0 aromatic rings. The Morgan fingerprint density at radius 3 is 2.27 bits per heavy atom. The first-order valence-corrected chi connectivity index (χ1v) is 11.0. The second-order valence-corrected chi connectivity index (χ2v) is 11.6. The lowest BCUT2D eigenvalue weighted by atomic mass is 9.56. The Morgan fingerprint density at radius 1 is 1.03 bits per heavy atom. The molecule has 8 heteroatoms. The fourth-order valence-corrected chi connectivity index (χ4v) is 8.54. The second-order valence-electron chi connectivity index (χ2n) is 11.6. The molecule has 0 radical (unpaired) electrons. The topological polar surface area (TPSA) is 140 Å². The summed E-state index contributed by atoms with van der Waals surface area (Å²) < 4.78 is 11.5. The summed E-state index contributed by atoms with van der Waals surface area (Å²) >= 11 is 0. The molecule has 0 aromatic carbocycles. The highest BCUT2D eigenvalue weighted by molar-refractivity contribution is 5.66. The molecule has 5 N–H and O–H groups in total. The van der Waals surface area contributed by atoms with E-state index in [2.05, 4.69) is 0 Å². The lowest BCUT2D eigenvalue weighted by molar-refractivity contribution is -0.243. The van der Waals surface area contributed by atoms with Crippen molar-refractivity contribution in [3.8, 4) is 0 Å². The van der Waals surface area contributed by atoms with Crippen LogP contribution in [0.2, 0.25) is 0 Å². The molecule has 170 valence electrons. The Balaban J connectivity index is 1.76. The largest absolute Gasteiger partial charge is 0.457 e. The molecular formula is C22H34O8. The second kappa shape index (κ2) is 5.58. The number of carbonyl (C=O) groups is 1. The molecule has 12 atom stereocenters. The van der Waals surface area contributed by atoms with Crippen molar-refractivity contribution in [2.75, 3.05) is 0 Å². The molecule has 4 saturated carbocycles. The monoisotopic (exact) mass is 426 g/mol. The van der Waals surface area contributed by atoms with Crippen molar-refractivity contribution >= 4 is 5.97 Å². The minimum Gasteiger partial charge on any atom is -0.457 e. The first-order chi connectivity index (χ1) is 13.6. The number of fused-ring (bicyclic) bond motifs is 4. The van der Waals surface area contributed by atoms with E-state index in [1.54, 1.807) is 27.7 Å². The van der Waals surface area contributed by atoms with Crippen LogP contribution in [0.25, 0.3) is 0 Å². The summed E-state index contributed by atoms with van der Waals surface area (Å²) in [6.45, 7) is 8.09.